The minimum atomic E-state index is -0.457. The summed E-state index contributed by atoms with van der Waals surface area (Å²) < 4.78 is 5.46. The SMILES string of the molecule is Cc1cc(OCC(=O)NNC(=O)c2cccc(Cl)c2)ccc1C(C)C. The average molecular weight is 361 g/mol. The van der Waals surface area contributed by atoms with Crippen molar-refractivity contribution in [1.82, 2.24) is 10.9 Å². The second-order valence-corrected chi connectivity index (χ2v) is 6.41. The summed E-state index contributed by atoms with van der Waals surface area (Å²) in [5.41, 5.74) is 7.34. The Morgan fingerprint density at radius 1 is 1.12 bits per heavy atom. The van der Waals surface area contributed by atoms with Crippen LogP contribution in [0.2, 0.25) is 5.02 Å². The zero-order valence-corrected chi connectivity index (χ0v) is 15.2. The number of rotatable bonds is 5. The standard InChI is InChI=1S/C19H21ClN2O3/c1-12(2)17-8-7-16(9-13(17)3)25-11-18(23)21-22-19(24)14-5-4-6-15(20)10-14/h4-10,12H,11H2,1-3H3,(H,21,23)(H,22,24). The van der Waals surface area contributed by atoms with Crippen LogP contribution in [0.4, 0.5) is 0 Å². The van der Waals surface area contributed by atoms with E-state index in [-0.39, 0.29) is 6.61 Å². The third-order valence-electron chi connectivity index (χ3n) is 3.64. The van der Waals surface area contributed by atoms with Crippen molar-refractivity contribution in [2.75, 3.05) is 6.61 Å². The second kappa shape index (κ2) is 8.53. The van der Waals surface area contributed by atoms with E-state index in [4.69, 9.17) is 16.3 Å². The summed E-state index contributed by atoms with van der Waals surface area (Å²) in [4.78, 5) is 23.7. The van der Waals surface area contributed by atoms with Crippen LogP contribution in [0, 0.1) is 6.92 Å². The van der Waals surface area contributed by atoms with Gasteiger partial charge < -0.3 is 4.74 Å². The molecule has 0 aliphatic rings. The third-order valence-corrected chi connectivity index (χ3v) is 3.87. The molecule has 0 saturated carbocycles. The van der Waals surface area contributed by atoms with Gasteiger partial charge in [-0.15, -0.1) is 0 Å². The summed E-state index contributed by atoms with van der Waals surface area (Å²) in [6, 6.07) is 12.2. The predicted molar refractivity (Wildman–Crippen MR) is 97.8 cm³/mol. The van der Waals surface area contributed by atoms with Crippen molar-refractivity contribution in [3.8, 4) is 5.75 Å². The van der Waals surface area contributed by atoms with Crippen LogP contribution in [0.5, 0.6) is 5.75 Å². The summed E-state index contributed by atoms with van der Waals surface area (Å²) in [6.07, 6.45) is 0. The van der Waals surface area contributed by atoms with E-state index < -0.39 is 11.8 Å². The highest BCUT2D eigenvalue weighted by atomic mass is 35.5. The second-order valence-electron chi connectivity index (χ2n) is 5.97. The van der Waals surface area contributed by atoms with Gasteiger partial charge in [0.1, 0.15) is 5.75 Å². The van der Waals surface area contributed by atoms with Crippen molar-refractivity contribution >= 4 is 23.4 Å². The maximum atomic E-state index is 11.9. The summed E-state index contributed by atoms with van der Waals surface area (Å²) in [7, 11) is 0. The molecule has 0 aliphatic carbocycles. The first-order valence-electron chi connectivity index (χ1n) is 7.95. The number of ether oxygens (including phenoxy) is 1. The van der Waals surface area contributed by atoms with Gasteiger partial charge in [-0.05, 0) is 54.3 Å². The molecule has 2 aromatic rings. The van der Waals surface area contributed by atoms with E-state index in [9.17, 15) is 9.59 Å². The zero-order chi connectivity index (χ0) is 18.4. The Morgan fingerprint density at radius 3 is 2.52 bits per heavy atom. The predicted octanol–water partition coefficient (Wildman–Crippen LogP) is 3.61. The normalized spacial score (nSPS) is 10.4. The molecule has 0 heterocycles. The molecule has 0 radical (unpaired) electrons. The molecule has 0 aromatic heterocycles. The molecule has 0 fully saturated rings. The third kappa shape index (κ3) is 5.50. The lowest BCUT2D eigenvalue weighted by Crippen LogP contribution is -2.43. The van der Waals surface area contributed by atoms with Gasteiger partial charge in [-0.2, -0.15) is 0 Å². The Morgan fingerprint density at radius 2 is 1.88 bits per heavy atom. The van der Waals surface area contributed by atoms with E-state index in [0.29, 0.717) is 22.3 Å². The average Bonchev–Trinajstić information content (AvgIpc) is 2.57. The minimum absolute atomic E-state index is 0.198. The van der Waals surface area contributed by atoms with Crippen LogP contribution in [-0.4, -0.2) is 18.4 Å². The van der Waals surface area contributed by atoms with E-state index >= 15 is 0 Å². The molecule has 0 aliphatic heterocycles. The lowest BCUT2D eigenvalue weighted by Gasteiger charge is -2.12. The molecule has 0 unspecified atom stereocenters. The van der Waals surface area contributed by atoms with E-state index in [1.807, 2.05) is 25.1 Å². The van der Waals surface area contributed by atoms with Crippen LogP contribution in [0.3, 0.4) is 0 Å². The number of aryl methyl sites for hydroxylation is 1. The molecular formula is C19H21ClN2O3. The molecule has 0 saturated heterocycles. The van der Waals surface area contributed by atoms with Crippen LogP contribution < -0.4 is 15.6 Å². The van der Waals surface area contributed by atoms with Crippen LogP contribution in [-0.2, 0) is 4.79 Å². The lowest BCUT2D eigenvalue weighted by molar-refractivity contribution is -0.123. The van der Waals surface area contributed by atoms with Crippen molar-refractivity contribution in [1.29, 1.82) is 0 Å². The first-order valence-corrected chi connectivity index (χ1v) is 8.32. The fourth-order valence-electron chi connectivity index (χ4n) is 2.40. The Kier molecular flexibility index (Phi) is 6.42. The van der Waals surface area contributed by atoms with Crippen LogP contribution in [0.1, 0.15) is 41.3 Å². The van der Waals surface area contributed by atoms with Gasteiger partial charge in [-0.1, -0.05) is 37.6 Å². The number of benzene rings is 2. The molecule has 0 atom stereocenters. The van der Waals surface area contributed by atoms with Crippen molar-refractivity contribution in [2.24, 2.45) is 0 Å². The summed E-state index contributed by atoms with van der Waals surface area (Å²) in [5.74, 6) is 0.131. The van der Waals surface area contributed by atoms with Gasteiger partial charge in [-0.25, -0.2) is 0 Å². The van der Waals surface area contributed by atoms with E-state index in [1.54, 1.807) is 18.2 Å². The first-order chi connectivity index (χ1) is 11.9. The topological polar surface area (TPSA) is 67.4 Å². The van der Waals surface area contributed by atoms with Crippen LogP contribution in [0.25, 0.3) is 0 Å². The zero-order valence-electron chi connectivity index (χ0n) is 14.4. The Hall–Kier alpha value is -2.53. The summed E-state index contributed by atoms with van der Waals surface area (Å²) >= 11 is 5.83. The molecular weight excluding hydrogens is 340 g/mol. The highest BCUT2D eigenvalue weighted by Crippen LogP contribution is 2.23. The molecule has 5 nitrogen and oxygen atoms in total. The number of carbonyl (C=O) groups excluding carboxylic acids is 2. The molecule has 2 amide bonds. The number of carbonyl (C=O) groups is 2. The maximum absolute atomic E-state index is 11.9. The van der Waals surface area contributed by atoms with E-state index in [1.165, 1.54) is 11.6 Å². The number of hydrogen-bond acceptors (Lipinski definition) is 3. The number of hydrazine groups is 1. The number of nitrogens with one attached hydrogen (secondary N) is 2. The number of halogens is 1. The van der Waals surface area contributed by atoms with Crippen molar-refractivity contribution in [2.45, 2.75) is 26.7 Å². The van der Waals surface area contributed by atoms with Gasteiger partial charge in [0.05, 0.1) is 0 Å². The fraction of sp³-hybridized carbons (Fsp3) is 0.263. The Bertz CT molecular complexity index is 775. The molecule has 0 spiro atoms. The molecule has 2 aromatic carbocycles. The molecule has 2 rings (SSSR count). The Labute approximate surface area is 152 Å². The molecule has 6 heteroatoms. The quantitative estimate of drug-likeness (QED) is 0.800. The van der Waals surface area contributed by atoms with E-state index in [2.05, 4.69) is 24.7 Å². The van der Waals surface area contributed by atoms with Crippen LogP contribution in [0.15, 0.2) is 42.5 Å². The highest BCUT2D eigenvalue weighted by Gasteiger charge is 2.09. The monoisotopic (exact) mass is 360 g/mol. The van der Waals surface area contributed by atoms with Crippen LogP contribution >= 0.6 is 11.6 Å². The minimum Gasteiger partial charge on any atom is -0.484 e. The van der Waals surface area contributed by atoms with Crippen molar-refractivity contribution < 1.29 is 14.3 Å². The Balaban J connectivity index is 1.83. The fourth-order valence-corrected chi connectivity index (χ4v) is 2.59. The van der Waals surface area contributed by atoms with Gasteiger partial charge in [0.15, 0.2) is 6.61 Å². The molecule has 25 heavy (non-hydrogen) atoms. The summed E-state index contributed by atoms with van der Waals surface area (Å²) in [6.45, 7) is 6.06. The molecule has 0 bridgehead atoms. The van der Waals surface area contributed by atoms with Crippen molar-refractivity contribution in [3.63, 3.8) is 0 Å². The van der Waals surface area contributed by atoms with Gasteiger partial charge in [0.25, 0.3) is 11.8 Å². The van der Waals surface area contributed by atoms with Gasteiger partial charge in [0.2, 0.25) is 0 Å². The number of amides is 2. The van der Waals surface area contributed by atoms with E-state index in [0.717, 1.165) is 5.56 Å². The smallest absolute Gasteiger partial charge is 0.276 e. The highest BCUT2D eigenvalue weighted by molar-refractivity contribution is 6.30. The molecule has 2 N–H and O–H groups in total. The lowest BCUT2D eigenvalue weighted by atomic mass is 9.98. The summed E-state index contributed by atoms with van der Waals surface area (Å²) in [5, 5.41) is 0.447. The largest absolute Gasteiger partial charge is 0.484 e. The molecule has 132 valence electrons. The van der Waals surface area contributed by atoms with Gasteiger partial charge in [0, 0.05) is 10.6 Å². The van der Waals surface area contributed by atoms with Gasteiger partial charge >= 0.3 is 0 Å². The van der Waals surface area contributed by atoms with Crippen molar-refractivity contribution in [3.05, 3.63) is 64.2 Å². The maximum Gasteiger partial charge on any atom is 0.276 e. The number of hydrogen-bond donors (Lipinski definition) is 2. The first kappa shape index (κ1) is 18.8. The van der Waals surface area contributed by atoms with Gasteiger partial charge in [-0.3, -0.25) is 20.4 Å².